The lowest BCUT2D eigenvalue weighted by Crippen LogP contribution is -2.48. The van der Waals surface area contributed by atoms with Gasteiger partial charge in [-0.1, -0.05) is 25.3 Å². The van der Waals surface area contributed by atoms with Crippen LogP contribution >= 0.6 is 0 Å². The summed E-state index contributed by atoms with van der Waals surface area (Å²) in [6.45, 7) is 1.75. The highest BCUT2D eigenvalue weighted by Gasteiger charge is 2.51. The van der Waals surface area contributed by atoms with Crippen LogP contribution in [0.1, 0.15) is 44.1 Å². The Hall–Kier alpha value is -2.62. The van der Waals surface area contributed by atoms with E-state index in [9.17, 15) is 22.8 Å². The quantitative estimate of drug-likeness (QED) is 0.605. The maximum atomic E-state index is 12.7. The summed E-state index contributed by atoms with van der Waals surface area (Å²) in [5.41, 5.74) is 0.714. The van der Waals surface area contributed by atoms with Crippen LogP contribution in [0.25, 0.3) is 0 Å². The first-order chi connectivity index (χ1) is 13.6. The summed E-state index contributed by atoms with van der Waals surface area (Å²) in [6, 6.07) is 4.43. The number of nitrogens with one attached hydrogen (secondary N) is 3. The van der Waals surface area contributed by atoms with Crippen molar-refractivity contribution in [2.24, 2.45) is 0 Å². The largest absolute Gasteiger partial charge is 0.326 e. The molecule has 3 rings (SSSR count). The number of hydrogen-bond acceptors (Lipinski definition) is 5. The minimum atomic E-state index is -3.44. The number of sulfonamides is 1. The van der Waals surface area contributed by atoms with Crippen LogP contribution in [0.15, 0.2) is 18.2 Å². The molecule has 2 aliphatic rings. The zero-order valence-corrected chi connectivity index (χ0v) is 17.4. The lowest BCUT2D eigenvalue weighted by molar-refractivity contribution is -0.132. The van der Waals surface area contributed by atoms with E-state index in [0.717, 1.165) is 30.4 Å². The topological polar surface area (TPSA) is 125 Å². The summed E-state index contributed by atoms with van der Waals surface area (Å²) in [4.78, 5) is 38.4. The fourth-order valence-electron chi connectivity index (χ4n) is 3.82. The third-order valence-corrected chi connectivity index (χ3v) is 5.92. The van der Waals surface area contributed by atoms with E-state index in [-0.39, 0.29) is 24.8 Å². The maximum absolute atomic E-state index is 12.7. The van der Waals surface area contributed by atoms with Crippen LogP contribution in [0, 0.1) is 6.92 Å². The molecule has 1 spiro atoms. The fraction of sp³-hybridized carbons (Fsp3) is 0.526. The molecule has 0 radical (unpaired) electrons. The summed E-state index contributed by atoms with van der Waals surface area (Å²) >= 11 is 0. The molecule has 9 nitrogen and oxygen atoms in total. The van der Waals surface area contributed by atoms with Crippen molar-refractivity contribution < 1.29 is 22.8 Å². The van der Waals surface area contributed by atoms with Gasteiger partial charge in [0.25, 0.3) is 5.91 Å². The van der Waals surface area contributed by atoms with Gasteiger partial charge in [0.05, 0.1) is 11.9 Å². The molecule has 1 aliphatic heterocycles. The van der Waals surface area contributed by atoms with E-state index in [0.29, 0.717) is 29.8 Å². The molecule has 29 heavy (non-hydrogen) atoms. The minimum Gasteiger partial charge on any atom is -0.326 e. The first-order valence-corrected chi connectivity index (χ1v) is 11.5. The molecule has 10 heteroatoms. The van der Waals surface area contributed by atoms with Crippen LogP contribution < -0.4 is 15.4 Å². The predicted molar refractivity (Wildman–Crippen MR) is 109 cm³/mol. The van der Waals surface area contributed by atoms with E-state index in [2.05, 4.69) is 15.4 Å². The van der Waals surface area contributed by atoms with Crippen LogP contribution in [0.2, 0.25) is 0 Å². The summed E-state index contributed by atoms with van der Waals surface area (Å²) in [5, 5.41) is 5.50. The standard InChI is InChI=1S/C19H26N4O5S/c1-13-6-7-14(12-15(13)22-29(2,27)28)20-16(24)8-11-23-17(25)19(21-18(23)26)9-4-3-5-10-19/h6-7,12,22H,3-5,8-11H2,1-2H3,(H,20,24)(H,21,26). The lowest BCUT2D eigenvalue weighted by Gasteiger charge is -2.30. The van der Waals surface area contributed by atoms with Crippen molar-refractivity contribution in [2.45, 2.75) is 51.0 Å². The average molecular weight is 423 g/mol. The number of aryl methyl sites for hydroxylation is 1. The van der Waals surface area contributed by atoms with Gasteiger partial charge in [-0.15, -0.1) is 0 Å². The van der Waals surface area contributed by atoms with Crippen molar-refractivity contribution in [2.75, 3.05) is 22.8 Å². The second-order valence-corrected chi connectivity index (χ2v) is 9.48. The zero-order chi connectivity index (χ0) is 21.2. The number of urea groups is 1. The lowest BCUT2D eigenvalue weighted by atomic mass is 9.82. The minimum absolute atomic E-state index is 0.00143. The van der Waals surface area contributed by atoms with E-state index in [1.165, 1.54) is 6.07 Å². The molecule has 1 aromatic rings. The normalized spacial score (nSPS) is 18.6. The molecule has 0 bridgehead atoms. The van der Waals surface area contributed by atoms with Gasteiger partial charge in [-0.25, -0.2) is 13.2 Å². The Morgan fingerprint density at radius 1 is 1.21 bits per heavy atom. The Kier molecular flexibility index (Phi) is 5.83. The van der Waals surface area contributed by atoms with Crippen LogP contribution in [-0.4, -0.2) is 49.5 Å². The average Bonchev–Trinajstić information content (AvgIpc) is 2.85. The maximum Gasteiger partial charge on any atom is 0.325 e. The number of nitrogens with zero attached hydrogens (tertiary/aromatic N) is 1. The number of rotatable bonds is 6. The first kappa shape index (κ1) is 21.1. The molecule has 3 N–H and O–H groups in total. The molecule has 1 aliphatic carbocycles. The summed E-state index contributed by atoms with van der Waals surface area (Å²) < 4.78 is 25.3. The van der Waals surface area contributed by atoms with Crippen molar-refractivity contribution in [3.63, 3.8) is 0 Å². The number of amides is 4. The Morgan fingerprint density at radius 2 is 1.90 bits per heavy atom. The van der Waals surface area contributed by atoms with Crippen molar-refractivity contribution in [3.05, 3.63) is 23.8 Å². The van der Waals surface area contributed by atoms with Gasteiger partial charge in [0.1, 0.15) is 5.54 Å². The van der Waals surface area contributed by atoms with Gasteiger partial charge in [-0.05, 0) is 37.5 Å². The first-order valence-electron chi connectivity index (χ1n) is 9.62. The number of hydrogen-bond donors (Lipinski definition) is 3. The van der Waals surface area contributed by atoms with E-state index < -0.39 is 21.6 Å². The Bertz CT molecular complexity index is 938. The molecule has 4 amide bonds. The zero-order valence-electron chi connectivity index (χ0n) is 16.6. The smallest absolute Gasteiger partial charge is 0.325 e. The predicted octanol–water partition coefficient (Wildman–Crippen LogP) is 1.95. The second kappa shape index (κ2) is 8.02. The number of imide groups is 1. The summed E-state index contributed by atoms with van der Waals surface area (Å²) in [5.74, 6) is -0.616. The third kappa shape index (κ3) is 4.87. The monoisotopic (exact) mass is 422 g/mol. The molecular formula is C19H26N4O5S. The molecule has 1 heterocycles. The number of benzene rings is 1. The third-order valence-electron chi connectivity index (χ3n) is 5.33. The second-order valence-electron chi connectivity index (χ2n) is 7.73. The van der Waals surface area contributed by atoms with Crippen LogP contribution in [0.5, 0.6) is 0 Å². The molecular weight excluding hydrogens is 396 g/mol. The van der Waals surface area contributed by atoms with Gasteiger partial charge in [-0.3, -0.25) is 19.2 Å². The van der Waals surface area contributed by atoms with Crippen molar-refractivity contribution in [1.82, 2.24) is 10.2 Å². The van der Waals surface area contributed by atoms with Gasteiger partial charge < -0.3 is 10.6 Å². The number of anilines is 2. The molecule has 0 unspecified atom stereocenters. The SMILES string of the molecule is Cc1ccc(NC(=O)CCN2C(=O)NC3(CCCCC3)C2=O)cc1NS(C)(=O)=O. The van der Waals surface area contributed by atoms with E-state index in [1.807, 2.05) is 0 Å². The molecule has 0 atom stereocenters. The summed E-state index contributed by atoms with van der Waals surface area (Å²) in [7, 11) is -3.44. The Balaban J connectivity index is 1.60. The molecule has 1 saturated heterocycles. The molecule has 0 aromatic heterocycles. The molecule has 1 aromatic carbocycles. The van der Waals surface area contributed by atoms with Crippen LogP contribution in [-0.2, 0) is 19.6 Å². The van der Waals surface area contributed by atoms with Gasteiger partial charge in [0.2, 0.25) is 15.9 Å². The number of carbonyl (C=O) groups is 3. The van der Waals surface area contributed by atoms with Crippen LogP contribution in [0.3, 0.4) is 0 Å². The Labute approximate surface area is 170 Å². The van der Waals surface area contributed by atoms with Crippen molar-refractivity contribution in [3.8, 4) is 0 Å². The van der Waals surface area contributed by atoms with E-state index >= 15 is 0 Å². The Morgan fingerprint density at radius 3 is 2.55 bits per heavy atom. The van der Waals surface area contributed by atoms with Gasteiger partial charge in [0.15, 0.2) is 0 Å². The highest BCUT2D eigenvalue weighted by atomic mass is 32.2. The highest BCUT2D eigenvalue weighted by molar-refractivity contribution is 7.92. The van der Waals surface area contributed by atoms with Crippen LogP contribution in [0.4, 0.5) is 16.2 Å². The van der Waals surface area contributed by atoms with Gasteiger partial charge in [-0.2, -0.15) is 0 Å². The van der Waals surface area contributed by atoms with Gasteiger partial charge in [0, 0.05) is 18.7 Å². The fourth-order valence-corrected chi connectivity index (χ4v) is 4.44. The van der Waals surface area contributed by atoms with Crippen molar-refractivity contribution in [1.29, 1.82) is 0 Å². The van der Waals surface area contributed by atoms with E-state index in [1.54, 1.807) is 19.1 Å². The molecule has 1 saturated carbocycles. The van der Waals surface area contributed by atoms with Crippen molar-refractivity contribution >= 4 is 39.2 Å². The van der Waals surface area contributed by atoms with E-state index in [4.69, 9.17) is 0 Å². The molecule has 2 fully saturated rings. The highest BCUT2D eigenvalue weighted by Crippen LogP contribution is 2.33. The number of carbonyl (C=O) groups excluding carboxylic acids is 3. The van der Waals surface area contributed by atoms with Gasteiger partial charge >= 0.3 is 6.03 Å². The summed E-state index contributed by atoms with van der Waals surface area (Å²) in [6.07, 6.45) is 5.14. The molecule has 158 valence electrons.